The van der Waals surface area contributed by atoms with E-state index in [0.29, 0.717) is 11.8 Å². The number of aliphatic hydroxyl groups excluding tert-OH is 1. The molecule has 36 heavy (non-hydrogen) atoms. The summed E-state index contributed by atoms with van der Waals surface area (Å²) in [5, 5.41) is 24.9. The first-order valence-electron chi connectivity index (χ1n) is 13.6. The molecule has 0 aromatic heterocycles. The van der Waals surface area contributed by atoms with Crippen LogP contribution in [-0.2, 0) is 18.3 Å². The minimum Gasteiger partial charge on any atom is -0.504 e. The van der Waals surface area contributed by atoms with Crippen LogP contribution in [-0.4, -0.2) is 58.8 Å². The summed E-state index contributed by atoms with van der Waals surface area (Å²) in [4.78, 5) is 7.55. The lowest BCUT2D eigenvalue weighted by molar-refractivity contribution is -0.0516. The van der Waals surface area contributed by atoms with Crippen molar-refractivity contribution in [1.29, 1.82) is 0 Å². The molecule has 1 saturated heterocycles. The number of ether oxygens (including phenoxy) is 1. The largest absolute Gasteiger partial charge is 0.504 e. The normalized spacial score (nSPS) is 30.1. The fourth-order valence-electron chi connectivity index (χ4n) is 7.24. The predicted molar refractivity (Wildman–Crippen MR) is 143 cm³/mol. The number of nitrogens with one attached hydrogen (secondary N) is 1. The summed E-state index contributed by atoms with van der Waals surface area (Å²) >= 11 is 0. The first-order chi connectivity index (χ1) is 17.6. The molecule has 2 bridgehead atoms. The molecule has 6 heteroatoms. The number of aryl methyl sites for hydroxylation is 1. The van der Waals surface area contributed by atoms with Gasteiger partial charge in [-0.05, 0) is 55.5 Å². The third-order valence-electron chi connectivity index (χ3n) is 8.91. The standard InChI is InChI=1S/C30H37N3O3/c1-3-19-8-5-6-9-22(19)32-26(4-2)31-15-7-16-33-17-14-30-21-11-13-25(35)29(30)36-28-24(34)12-10-20(27(28)30)18-23(21)33/h5-6,8-13,21,23,25,29,34-35H,3-4,7,14-18H2,1-2H3,(H,31,32)/t21?,23-,25+,29+,30+/m1/s1. The Balaban J connectivity index is 1.17. The molecule has 2 heterocycles. The van der Waals surface area contributed by atoms with Gasteiger partial charge < -0.3 is 20.3 Å². The zero-order valence-corrected chi connectivity index (χ0v) is 21.3. The number of anilines is 1. The third kappa shape index (κ3) is 3.57. The van der Waals surface area contributed by atoms with E-state index in [1.165, 1.54) is 11.1 Å². The Hall–Kier alpha value is -2.83. The van der Waals surface area contributed by atoms with Crippen LogP contribution in [0.25, 0.3) is 0 Å². The van der Waals surface area contributed by atoms with Gasteiger partial charge in [0.1, 0.15) is 18.0 Å². The van der Waals surface area contributed by atoms with Gasteiger partial charge in [-0.25, -0.2) is 0 Å². The fraction of sp³-hybridized carbons (Fsp3) is 0.500. The number of aliphatic imine (C=N–C) groups is 1. The molecule has 1 unspecified atom stereocenters. The summed E-state index contributed by atoms with van der Waals surface area (Å²) in [5.74, 6) is 2.14. The Morgan fingerprint density at radius 1 is 1.19 bits per heavy atom. The number of phenolic OH excluding ortho intramolecular Hbond substituents is 1. The number of rotatable bonds is 7. The fourth-order valence-corrected chi connectivity index (χ4v) is 7.24. The van der Waals surface area contributed by atoms with E-state index >= 15 is 0 Å². The average Bonchev–Trinajstić information content (AvgIpc) is 3.25. The molecule has 190 valence electrons. The number of aliphatic hydroxyl groups is 1. The molecule has 0 amide bonds. The molecule has 6 nitrogen and oxygen atoms in total. The van der Waals surface area contributed by atoms with Crippen LogP contribution in [0.2, 0.25) is 0 Å². The second-order valence-electron chi connectivity index (χ2n) is 10.7. The Bertz CT molecular complexity index is 1210. The number of nitrogens with zero attached hydrogens (tertiary/aromatic N) is 2. The molecule has 2 aromatic rings. The van der Waals surface area contributed by atoms with Crippen LogP contribution in [0.3, 0.4) is 0 Å². The summed E-state index contributed by atoms with van der Waals surface area (Å²) in [6.07, 6.45) is 7.97. The van der Waals surface area contributed by atoms with Gasteiger partial charge >= 0.3 is 0 Å². The van der Waals surface area contributed by atoms with E-state index in [2.05, 4.69) is 60.5 Å². The predicted octanol–water partition coefficient (Wildman–Crippen LogP) is 4.44. The van der Waals surface area contributed by atoms with Gasteiger partial charge in [-0.1, -0.05) is 50.3 Å². The lowest BCUT2D eigenvalue weighted by atomic mass is 9.53. The summed E-state index contributed by atoms with van der Waals surface area (Å²) in [5.41, 5.74) is 4.67. The first-order valence-corrected chi connectivity index (χ1v) is 13.6. The minimum atomic E-state index is -0.640. The maximum Gasteiger partial charge on any atom is 0.165 e. The van der Waals surface area contributed by atoms with Crippen molar-refractivity contribution in [3.63, 3.8) is 0 Å². The van der Waals surface area contributed by atoms with Crippen LogP contribution in [0.4, 0.5) is 5.69 Å². The zero-order valence-electron chi connectivity index (χ0n) is 21.3. The SMILES string of the molecule is CCC(=NCCCN1CC[C@]23c4c5ccc(O)c4O[C@H]2[C@@H](O)C=CC3[C@H]1C5)Nc1ccccc1CC. The molecule has 2 aromatic carbocycles. The number of aromatic hydroxyl groups is 1. The van der Waals surface area contributed by atoms with Gasteiger partial charge in [0.25, 0.3) is 0 Å². The third-order valence-corrected chi connectivity index (χ3v) is 8.91. The highest BCUT2D eigenvalue weighted by atomic mass is 16.5. The summed E-state index contributed by atoms with van der Waals surface area (Å²) in [6.45, 7) is 7.12. The Morgan fingerprint density at radius 3 is 2.89 bits per heavy atom. The van der Waals surface area contributed by atoms with Gasteiger partial charge in [0.2, 0.25) is 0 Å². The molecule has 0 saturated carbocycles. The first kappa shape index (κ1) is 23.6. The molecule has 6 rings (SSSR count). The van der Waals surface area contributed by atoms with E-state index < -0.39 is 6.10 Å². The summed E-state index contributed by atoms with van der Waals surface area (Å²) < 4.78 is 6.26. The molecular formula is C30H37N3O3. The number of para-hydroxylation sites is 1. The highest BCUT2D eigenvalue weighted by Gasteiger charge is 2.64. The topological polar surface area (TPSA) is 77.3 Å². The zero-order chi connectivity index (χ0) is 24.9. The van der Waals surface area contributed by atoms with Crippen LogP contribution < -0.4 is 10.1 Å². The number of likely N-dealkylation sites (tertiary alicyclic amines) is 1. The van der Waals surface area contributed by atoms with E-state index in [-0.39, 0.29) is 23.2 Å². The molecule has 2 aliphatic carbocycles. The van der Waals surface area contributed by atoms with Crippen LogP contribution in [0.15, 0.2) is 53.5 Å². The van der Waals surface area contributed by atoms with Crippen LogP contribution >= 0.6 is 0 Å². The second-order valence-corrected chi connectivity index (χ2v) is 10.7. The van der Waals surface area contributed by atoms with Gasteiger partial charge in [-0.2, -0.15) is 0 Å². The smallest absolute Gasteiger partial charge is 0.165 e. The number of hydrogen-bond acceptors (Lipinski definition) is 5. The Kier molecular flexibility index (Phi) is 6.05. The lowest BCUT2D eigenvalue weighted by Crippen LogP contribution is -2.65. The molecule has 3 N–H and O–H groups in total. The summed E-state index contributed by atoms with van der Waals surface area (Å²) in [6, 6.07) is 12.7. The number of hydrogen-bond donors (Lipinski definition) is 3. The minimum absolute atomic E-state index is 0.198. The highest BCUT2D eigenvalue weighted by molar-refractivity contribution is 5.95. The van der Waals surface area contributed by atoms with E-state index in [4.69, 9.17) is 9.73 Å². The van der Waals surface area contributed by atoms with Crippen molar-refractivity contribution in [2.45, 2.75) is 69.6 Å². The number of benzene rings is 2. The van der Waals surface area contributed by atoms with E-state index in [0.717, 1.165) is 68.8 Å². The van der Waals surface area contributed by atoms with Crippen LogP contribution in [0, 0.1) is 5.92 Å². The lowest BCUT2D eigenvalue weighted by Gasteiger charge is -2.57. The molecule has 4 aliphatic rings. The van der Waals surface area contributed by atoms with E-state index in [1.54, 1.807) is 6.07 Å². The Labute approximate surface area is 213 Å². The van der Waals surface area contributed by atoms with Crippen molar-refractivity contribution in [1.82, 2.24) is 4.90 Å². The van der Waals surface area contributed by atoms with Gasteiger partial charge in [-0.3, -0.25) is 9.89 Å². The molecule has 0 radical (unpaired) electrons. The monoisotopic (exact) mass is 487 g/mol. The summed E-state index contributed by atoms with van der Waals surface area (Å²) in [7, 11) is 0. The van der Waals surface area contributed by atoms with Crippen molar-refractivity contribution in [2.75, 3.05) is 25.0 Å². The van der Waals surface area contributed by atoms with Crippen molar-refractivity contribution in [3.05, 3.63) is 65.2 Å². The number of piperidine rings is 1. The van der Waals surface area contributed by atoms with Gasteiger partial charge in [-0.15, -0.1) is 0 Å². The highest BCUT2D eigenvalue weighted by Crippen LogP contribution is 2.62. The van der Waals surface area contributed by atoms with Crippen molar-refractivity contribution >= 4 is 11.5 Å². The molecule has 5 atom stereocenters. The Morgan fingerprint density at radius 2 is 2.06 bits per heavy atom. The average molecular weight is 488 g/mol. The molecule has 2 aliphatic heterocycles. The molecule has 1 fully saturated rings. The van der Waals surface area contributed by atoms with E-state index in [9.17, 15) is 10.2 Å². The van der Waals surface area contributed by atoms with Crippen LogP contribution in [0.5, 0.6) is 11.5 Å². The maximum absolute atomic E-state index is 10.8. The maximum atomic E-state index is 10.8. The van der Waals surface area contributed by atoms with Gasteiger partial charge in [0.05, 0.1) is 0 Å². The van der Waals surface area contributed by atoms with Crippen molar-refractivity contribution < 1.29 is 14.9 Å². The van der Waals surface area contributed by atoms with Gasteiger partial charge in [0.15, 0.2) is 11.5 Å². The number of amidine groups is 1. The van der Waals surface area contributed by atoms with Crippen molar-refractivity contribution in [2.24, 2.45) is 10.9 Å². The van der Waals surface area contributed by atoms with E-state index in [1.807, 2.05) is 6.08 Å². The second kappa shape index (κ2) is 9.24. The van der Waals surface area contributed by atoms with Crippen LogP contribution in [0.1, 0.15) is 49.8 Å². The number of phenols is 1. The quantitative estimate of drug-likeness (QED) is 0.233. The molecule has 1 spiro atoms. The van der Waals surface area contributed by atoms with Gasteiger partial charge in [0, 0.05) is 48.1 Å². The molecular weight excluding hydrogens is 450 g/mol. The van der Waals surface area contributed by atoms with Crippen molar-refractivity contribution in [3.8, 4) is 11.5 Å².